The SMILES string of the molecule is C[NH+]1CCc2c(sc3nc(N4CC[NH2+]CC4)n(-c4cccc(Cl)c4)c(=O)c23)C1. The van der Waals surface area contributed by atoms with Gasteiger partial charge in [0.2, 0.25) is 5.95 Å². The summed E-state index contributed by atoms with van der Waals surface area (Å²) in [5.74, 6) is 0.743. The Morgan fingerprint density at radius 2 is 2.11 bits per heavy atom. The minimum atomic E-state index is 0.0360. The lowest BCUT2D eigenvalue weighted by Crippen LogP contribution is -3.08. The summed E-state index contributed by atoms with van der Waals surface area (Å²) >= 11 is 7.96. The molecule has 3 N–H and O–H groups in total. The molecule has 28 heavy (non-hydrogen) atoms. The minimum Gasteiger partial charge on any atom is -0.343 e. The summed E-state index contributed by atoms with van der Waals surface area (Å²) in [6.07, 6.45) is 0.936. The number of benzene rings is 1. The van der Waals surface area contributed by atoms with E-state index in [1.807, 2.05) is 24.3 Å². The van der Waals surface area contributed by atoms with Gasteiger partial charge in [-0.1, -0.05) is 17.7 Å². The molecule has 0 amide bonds. The predicted octanol–water partition coefficient (Wildman–Crippen LogP) is 0.0548. The molecule has 0 aliphatic carbocycles. The highest BCUT2D eigenvalue weighted by Crippen LogP contribution is 2.31. The first-order valence-corrected chi connectivity index (χ1v) is 11.0. The first kappa shape index (κ1) is 18.1. The Hall–Kier alpha value is -1.93. The zero-order valence-electron chi connectivity index (χ0n) is 15.9. The maximum absolute atomic E-state index is 13.8. The molecule has 8 heteroatoms. The number of nitrogens with one attached hydrogen (secondary N) is 1. The van der Waals surface area contributed by atoms with Crippen LogP contribution in [0.2, 0.25) is 5.02 Å². The van der Waals surface area contributed by atoms with Crippen molar-refractivity contribution in [1.29, 1.82) is 0 Å². The fraction of sp³-hybridized carbons (Fsp3) is 0.400. The van der Waals surface area contributed by atoms with Crippen LogP contribution in [0.5, 0.6) is 0 Å². The number of aromatic nitrogens is 2. The van der Waals surface area contributed by atoms with Gasteiger partial charge in [0.05, 0.1) is 55.7 Å². The van der Waals surface area contributed by atoms with Gasteiger partial charge in [0.25, 0.3) is 5.56 Å². The molecule has 3 aromatic rings. The molecule has 5 rings (SSSR count). The van der Waals surface area contributed by atoms with Crippen molar-refractivity contribution in [2.45, 2.75) is 13.0 Å². The van der Waals surface area contributed by atoms with Crippen LogP contribution in [0.4, 0.5) is 5.95 Å². The second-order valence-corrected chi connectivity index (χ2v) is 9.22. The van der Waals surface area contributed by atoms with Crippen LogP contribution in [0.15, 0.2) is 29.1 Å². The van der Waals surface area contributed by atoms with E-state index in [0.717, 1.165) is 67.5 Å². The smallest absolute Gasteiger partial charge is 0.268 e. The van der Waals surface area contributed by atoms with Crippen molar-refractivity contribution in [1.82, 2.24) is 9.55 Å². The van der Waals surface area contributed by atoms with Crippen molar-refractivity contribution in [2.75, 3.05) is 44.7 Å². The molecular weight excluding hydrogens is 394 g/mol. The van der Waals surface area contributed by atoms with Crippen LogP contribution in [0.1, 0.15) is 10.4 Å². The molecule has 1 saturated heterocycles. The van der Waals surface area contributed by atoms with Gasteiger partial charge in [0.1, 0.15) is 11.4 Å². The highest BCUT2D eigenvalue weighted by molar-refractivity contribution is 7.18. The number of hydrogen-bond donors (Lipinski definition) is 2. The molecule has 6 nitrogen and oxygen atoms in total. The van der Waals surface area contributed by atoms with Crippen LogP contribution in [0.25, 0.3) is 15.9 Å². The van der Waals surface area contributed by atoms with E-state index in [0.29, 0.717) is 5.02 Å². The van der Waals surface area contributed by atoms with Gasteiger partial charge in [-0.25, -0.2) is 9.55 Å². The van der Waals surface area contributed by atoms with Crippen molar-refractivity contribution in [3.63, 3.8) is 0 Å². The Labute approximate surface area is 172 Å². The van der Waals surface area contributed by atoms with Crippen molar-refractivity contribution < 1.29 is 10.2 Å². The third-order valence-corrected chi connectivity index (χ3v) is 7.07. The number of fused-ring (bicyclic) bond motifs is 3. The zero-order valence-corrected chi connectivity index (χ0v) is 17.4. The Bertz CT molecular complexity index is 1100. The fourth-order valence-corrected chi connectivity index (χ4v) is 5.76. The summed E-state index contributed by atoms with van der Waals surface area (Å²) in [5, 5.41) is 3.74. The van der Waals surface area contributed by atoms with Gasteiger partial charge in [-0.3, -0.25) is 4.79 Å². The van der Waals surface area contributed by atoms with E-state index in [1.54, 1.807) is 15.9 Å². The molecule has 0 bridgehead atoms. The number of thiophene rings is 1. The summed E-state index contributed by atoms with van der Waals surface area (Å²) in [6.45, 7) is 5.82. The largest absolute Gasteiger partial charge is 0.343 e. The van der Waals surface area contributed by atoms with E-state index >= 15 is 0 Å². The van der Waals surface area contributed by atoms with Gasteiger partial charge >= 0.3 is 0 Å². The van der Waals surface area contributed by atoms with E-state index in [2.05, 4.69) is 17.3 Å². The van der Waals surface area contributed by atoms with Gasteiger partial charge in [0.15, 0.2) is 0 Å². The fourth-order valence-electron chi connectivity index (χ4n) is 4.26. The molecule has 1 fully saturated rings. The molecule has 1 aromatic carbocycles. The molecule has 1 unspecified atom stereocenters. The molecule has 0 radical (unpaired) electrons. The Balaban J connectivity index is 1.79. The van der Waals surface area contributed by atoms with Crippen molar-refractivity contribution in [3.8, 4) is 5.69 Å². The van der Waals surface area contributed by atoms with E-state index in [9.17, 15) is 4.79 Å². The van der Waals surface area contributed by atoms with E-state index in [-0.39, 0.29) is 5.56 Å². The lowest BCUT2D eigenvalue weighted by Gasteiger charge is -2.28. The molecule has 2 aliphatic rings. The quantitative estimate of drug-likeness (QED) is 0.619. The van der Waals surface area contributed by atoms with Crippen molar-refractivity contribution in [2.24, 2.45) is 0 Å². The average molecular weight is 418 g/mol. The number of anilines is 1. The number of quaternary nitrogens is 2. The molecule has 4 heterocycles. The Morgan fingerprint density at radius 3 is 2.89 bits per heavy atom. The summed E-state index contributed by atoms with van der Waals surface area (Å²) in [5.41, 5.74) is 2.03. The van der Waals surface area contributed by atoms with Crippen LogP contribution in [-0.4, -0.2) is 49.3 Å². The lowest BCUT2D eigenvalue weighted by atomic mass is 10.1. The topological polar surface area (TPSA) is 59.2 Å². The third-order valence-electron chi connectivity index (χ3n) is 5.71. The maximum Gasteiger partial charge on any atom is 0.268 e. The second-order valence-electron chi connectivity index (χ2n) is 7.70. The summed E-state index contributed by atoms with van der Waals surface area (Å²) in [7, 11) is 2.21. The van der Waals surface area contributed by atoms with Crippen LogP contribution in [-0.2, 0) is 13.0 Å². The van der Waals surface area contributed by atoms with Gasteiger partial charge < -0.3 is 15.1 Å². The van der Waals surface area contributed by atoms with Gasteiger partial charge in [-0.15, -0.1) is 11.3 Å². The Kier molecular flexibility index (Phi) is 4.63. The zero-order chi connectivity index (χ0) is 19.3. The normalized spacial score (nSPS) is 19.8. The third kappa shape index (κ3) is 3.03. The molecular formula is C20H24ClN5OS+2. The van der Waals surface area contributed by atoms with Crippen LogP contribution >= 0.6 is 22.9 Å². The number of rotatable bonds is 2. The highest BCUT2D eigenvalue weighted by Gasteiger charge is 2.28. The maximum atomic E-state index is 13.8. The molecule has 0 saturated carbocycles. The van der Waals surface area contributed by atoms with Crippen molar-refractivity contribution >= 4 is 39.1 Å². The number of nitrogens with two attached hydrogens (primary N) is 1. The number of likely N-dealkylation sites (N-methyl/N-ethyl adjacent to an activating group) is 1. The number of hydrogen-bond acceptors (Lipinski definition) is 4. The average Bonchev–Trinajstić information content (AvgIpc) is 3.06. The molecule has 146 valence electrons. The highest BCUT2D eigenvalue weighted by atomic mass is 35.5. The van der Waals surface area contributed by atoms with E-state index < -0.39 is 0 Å². The van der Waals surface area contributed by atoms with Gasteiger partial charge in [-0.05, 0) is 23.8 Å². The van der Waals surface area contributed by atoms with Gasteiger partial charge in [-0.2, -0.15) is 0 Å². The minimum absolute atomic E-state index is 0.0360. The lowest BCUT2D eigenvalue weighted by molar-refractivity contribution is -0.895. The standard InChI is InChI=1S/C20H22ClN5OS/c1-24-8-5-15-16(12-24)28-18-17(15)19(27)26(14-4-2-3-13(21)11-14)20(23-18)25-9-6-22-7-10-25/h2-4,11,22H,5-10,12H2,1H3/p+2. The van der Waals surface area contributed by atoms with Gasteiger partial charge in [0, 0.05) is 11.4 Å². The molecule has 2 aromatic heterocycles. The monoisotopic (exact) mass is 417 g/mol. The van der Waals surface area contributed by atoms with E-state index in [1.165, 1.54) is 15.3 Å². The number of nitrogens with zero attached hydrogens (tertiary/aromatic N) is 3. The van der Waals surface area contributed by atoms with Crippen LogP contribution in [0.3, 0.4) is 0 Å². The summed E-state index contributed by atoms with van der Waals surface area (Å²) in [6, 6.07) is 7.52. The molecule has 1 atom stereocenters. The molecule has 0 spiro atoms. The Morgan fingerprint density at radius 1 is 1.29 bits per heavy atom. The predicted molar refractivity (Wildman–Crippen MR) is 113 cm³/mol. The van der Waals surface area contributed by atoms with Crippen LogP contribution < -0.4 is 20.7 Å². The first-order chi connectivity index (χ1) is 13.6. The van der Waals surface area contributed by atoms with E-state index in [4.69, 9.17) is 16.6 Å². The molecule has 2 aliphatic heterocycles. The van der Waals surface area contributed by atoms with Crippen molar-refractivity contribution in [3.05, 3.63) is 50.1 Å². The number of piperazine rings is 1. The summed E-state index contributed by atoms with van der Waals surface area (Å²) < 4.78 is 1.78. The number of halogens is 1. The van der Waals surface area contributed by atoms with Crippen LogP contribution in [0, 0.1) is 0 Å². The first-order valence-electron chi connectivity index (χ1n) is 9.83. The second kappa shape index (κ2) is 7.15. The summed E-state index contributed by atoms with van der Waals surface area (Å²) in [4.78, 5) is 24.7.